The molecule has 2 saturated heterocycles. The summed E-state index contributed by atoms with van der Waals surface area (Å²) < 4.78 is 15.7. The summed E-state index contributed by atoms with van der Waals surface area (Å²) in [5, 5.41) is 12.1. The Bertz CT molecular complexity index is 228. The third-order valence-electron chi connectivity index (χ3n) is 2.25. The second kappa shape index (κ2) is 3.99. The zero-order chi connectivity index (χ0) is 11.1. The molecule has 5 nitrogen and oxygen atoms in total. The molecule has 2 rings (SSSR count). The highest BCUT2D eigenvalue weighted by molar-refractivity contribution is 4.80. The van der Waals surface area contributed by atoms with Crippen LogP contribution in [0.1, 0.15) is 27.2 Å². The Morgan fingerprint density at radius 1 is 1.33 bits per heavy atom. The molecular weight excluding hydrogens is 198 g/mol. The zero-order valence-corrected chi connectivity index (χ0v) is 9.40. The number of hydrogen-bond acceptors (Lipinski definition) is 5. The van der Waals surface area contributed by atoms with E-state index in [1.807, 2.05) is 20.8 Å². The van der Waals surface area contributed by atoms with Crippen LogP contribution in [0.25, 0.3) is 0 Å². The number of epoxide rings is 2. The van der Waals surface area contributed by atoms with Crippen LogP contribution in [0.15, 0.2) is 0 Å². The monoisotopic (exact) mass is 217 g/mol. The minimum atomic E-state index is -0.548. The van der Waals surface area contributed by atoms with Gasteiger partial charge in [0.25, 0.3) is 0 Å². The van der Waals surface area contributed by atoms with E-state index >= 15 is 0 Å². The summed E-state index contributed by atoms with van der Waals surface area (Å²) in [6.07, 6.45) is 0.144. The Morgan fingerprint density at radius 2 is 2.00 bits per heavy atom. The van der Waals surface area contributed by atoms with Crippen molar-refractivity contribution in [2.45, 2.75) is 57.7 Å². The Kier molecular flexibility index (Phi) is 3.00. The van der Waals surface area contributed by atoms with Gasteiger partial charge in [-0.05, 0) is 27.2 Å². The molecule has 0 aliphatic carbocycles. The van der Waals surface area contributed by atoms with Gasteiger partial charge < -0.3 is 19.3 Å². The maximum atomic E-state index is 8.91. The number of ether oxygens (including phenoxy) is 3. The molecule has 88 valence electrons. The summed E-state index contributed by atoms with van der Waals surface area (Å²) in [7, 11) is 0. The second-order valence-corrected chi connectivity index (χ2v) is 4.96. The lowest BCUT2D eigenvalue weighted by molar-refractivity contribution is -0.0571. The third-order valence-corrected chi connectivity index (χ3v) is 2.25. The minimum Gasteiger partial charge on any atom is -0.366 e. The molecule has 5 heteroatoms. The van der Waals surface area contributed by atoms with Gasteiger partial charge in [-0.25, -0.2) is 0 Å². The number of nitrogens with one attached hydrogen (secondary N) is 1. The molecular formula is C10H19NO4. The molecule has 4 unspecified atom stereocenters. The average Bonchev–Trinajstić information content (AvgIpc) is 2.92. The number of hydrogen-bond donors (Lipinski definition) is 2. The van der Waals surface area contributed by atoms with Gasteiger partial charge in [0.05, 0.1) is 5.60 Å². The van der Waals surface area contributed by atoms with Crippen LogP contribution in [0, 0.1) is 0 Å². The predicted octanol–water partition coefficient (Wildman–Crippen LogP) is 0.181. The van der Waals surface area contributed by atoms with E-state index in [9.17, 15) is 0 Å². The first-order valence-electron chi connectivity index (χ1n) is 5.36. The van der Waals surface area contributed by atoms with Gasteiger partial charge in [0.2, 0.25) is 0 Å². The summed E-state index contributed by atoms with van der Waals surface area (Å²) in [5.41, 5.74) is -0.170. The van der Waals surface area contributed by atoms with Gasteiger partial charge in [0.15, 0.2) is 18.8 Å². The Morgan fingerprint density at radius 3 is 2.53 bits per heavy atom. The third kappa shape index (κ3) is 3.70. The van der Waals surface area contributed by atoms with E-state index < -0.39 is 6.29 Å². The van der Waals surface area contributed by atoms with E-state index in [4.69, 9.17) is 19.3 Å². The van der Waals surface area contributed by atoms with Gasteiger partial charge in [-0.3, -0.25) is 5.32 Å². The maximum absolute atomic E-state index is 8.91. The van der Waals surface area contributed by atoms with Gasteiger partial charge in [0, 0.05) is 6.54 Å². The van der Waals surface area contributed by atoms with Crippen LogP contribution in [-0.2, 0) is 14.2 Å². The van der Waals surface area contributed by atoms with Crippen molar-refractivity contribution in [2.24, 2.45) is 0 Å². The van der Waals surface area contributed by atoms with Crippen molar-refractivity contribution < 1.29 is 19.3 Å². The molecule has 0 amide bonds. The molecule has 15 heavy (non-hydrogen) atoms. The Balaban J connectivity index is 1.52. The highest BCUT2D eigenvalue weighted by Crippen LogP contribution is 2.27. The number of aliphatic hydroxyl groups excluding tert-OH is 1. The summed E-state index contributed by atoms with van der Waals surface area (Å²) in [6, 6.07) is 0. The van der Waals surface area contributed by atoms with E-state index in [-0.39, 0.29) is 24.2 Å². The van der Waals surface area contributed by atoms with Gasteiger partial charge >= 0.3 is 0 Å². The average molecular weight is 217 g/mol. The highest BCUT2D eigenvalue weighted by Gasteiger charge is 2.43. The fraction of sp³-hybridized carbons (Fsp3) is 1.00. The van der Waals surface area contributed by atoms with E-state index in [1.54, 1.807) is 0 Å². The van der Waals surface area contributed by atoms with Crippen molar-refractivity contribution in [3.63, 3.8) is 0 Å². The molecule has 0 aromatic heterocycles. The van der Waals surface area contributed by atoms with Gasteiger partial charge in [-0.2, -0.15) is 0 Å². The smallest absolute Gasteiger partial charge is 0.200 e. The molecule has 2 N–H and O–H groups in total. The van der Waals surface area contributed by atoms with Crippen molar-refractivity contribution in [3.8, 4) is 0 Å². The van der Waals surface area contributed by atoms with Gasteiger partial charge in [0.1, 0.15) is 6.10 Å². The van der Waals surface area contributed by atoms with Crippen LogP contribution in [-0.4, -0.2) is 42.2 Å². The van der Waals surface area contributed by atoms with Gasteiger partial charge in [-0.1, -0.05) is 0 Å². The normalized spacial score (nSPS) is 39.2. The molecule has 0 spiro atoms. The molecule has 0 radical (unpaired) electrons. The Labute approximate surface area is 89.7 Å². The summed E-state index contributed by atoms with van der Waals surface area (Å²) >= 11 is 0. The molecule has 2 aliphatic rings. The fourth-order valence-electron chi connectivity index (χ4n) is 1.39. The van der Waals surface area contributed by atoms with Crippen molar-refractivity contribution in [3.05, 3.63) is 0 Å². The first kappa shape index (κ1) is 11.3. The number of rotatable bonds is 5. The van der Waals surface area contributed by atoms with E-state index in [0.717, 1.165) is 13.0 Å². The molecule has 0 aromatic carbocycles. The van der Waals surface area contributed by atoms with Crippen molar-refractivity contribution in [1.29, 1.82) is 0 Å². The van der Waals surface area contributed by atoms with Crippen molar-refractivity contribution >= 4 is 0 Å². The lowest BCUT2D eigenvalue weighted by Gasteiger charge is -2.17. The topological polar surface area (TPSA) is 66.5 Å². The van der Waals surface area contributed by atoms with E-state index in [1.165, 1.54) is 0 Å². The van der Waals surface area contributed by atoms with E-state index in [2.05, 4.69) is 5.32 Å². The van der Waals surface area contributed by atoms with Crippen molar-refractivity contribution in [2.75, 3.05) is 6.54 Å². The van der Waals surface area contributed by atoms with Crippen LogP contribution in [0.4, 0.5) is 0 Å². The molecule has 0 saturated carbocycles. The standard InChI is InChI=1S/C10H19NO4/c1-10(2,3)15-9-7(14-9)11-5-4-6-8(12)13-6/h6-9,11-12H,4-5H2,1-3H3. The SMILES string of the molecule is CC(C)(C)OC1OC1NCCC1OC1O. The summed E-state index contributed by atoms with van der Waals surface area (Å²) in [5.74, 6) is 0. The van der Waals surface area contributed by atoms with Crippen LogP contribution >= 0.6 is 0 Å². The highest BCUT2D eigenvalue weighted by atomic mass is 16.8. The van der Waals surface area contributed by atoms with Crippen LogP contribution in [0.2, 0.25) is 0 Å². The van der Waals surface area contributed by atoms with Gasteiger partial charge in [-0.15, -0.1) is 0 Å². The summed E-state index contributed by atoms with van der Waals surface area (Å²) in [4.78, 5) is 0. The Hall–Kier alpha value is -0.200. The van der Waals surface area contributed by atoms with Crippen LogP contribution < -0.4 is 5.32 Å². The summed E-state index contributed by atoms with van der Waals surface area (Å²) in [6.45, 7) is 6.77. The van der Waals surface area contributed by atoms with E-state index in [0.29, 0.717) is 0 Å². The molecule has 2 heterocycles. The molecule has 2 fully saturated rings. The first-order valence-corrected chi connectivity index (χ1v) is 5.36. The predicted molar refractivity (Wildman–Crippen MR) is 53.0 cm³/mol. The molecule has 4 atom stereocenters. The maximum Gasteiger partial charge on any atom is 0.200 e. The van der Waals surface area contributed by atoms with Crippen molar-refractivity contribution in [1.82, 2.24) is 5.32 Å². The first-order chi connectivity index (χ1) is 6.96. The minimum absolute atomic E-state index is 0.000109. The fourth-order valence-corrected chi connectivity index (χ4v) is 1.39. The lowest BCUT2D eigenvalue weighted by atomic mass is 10.2. The van der Waals surface area contributed by atoms with Crippen LogP contribution in [0.3, 0.4) is 0 Å². The quantitative estimate of drug-likeness (QED) is 0.643. The van der Waals surface area contributed by atoms with Crippen LogP contribution in [0.5, 0.6) is 0 Å². The number of aliphatic hydroxyl groups is 1. The molecule has 0 aromatic rings. The lowest BCUT2D eigenvalue weighted by Crippen LogP contribution is -2.27. The largest absolute Gasteiger partial charge is 0.366 e. The zero-order valence-electron chi connectivity index (χ0n) is 9.40. The second-order valence-electron chi connectivity index (χ2n) is 4.96. The molecule has 2 aliphatic heterocycles. The molecule has 0 bridgehead atoms.